The standard InChI is InChI=1S/C21H17N5O2S/c1-13(15-8-10-17(11-9-15)26(27)28)24-25-20-18-12-19(16-6-4-3-5-7-16)29-21(18)23-14(2)22-20/h3-12H,1-2H3,(H,22,23,25)/b24-13-. The van der Waals surface area contributed by atoms with E-state index in [4.69, 9.17) is 0 Å². The Labute approximate surface area is 170 Å². The highest BCUT2D eigenvalue weighted by Gasteiger charge is 2.12. The summed E-state index contributed by atoms with van der Waals surface area (Å²) in [6.07, 6.45) is 0. The summed E-state index contributed by atoms with van der Waals surface area (Å²) < 4.78 is 0. The third kappa shape index (κ3) is 3.97. The van der Waals surface area contributed by atoms with Crippen molar-refractivity contribution in [2.45, 2.75) is 13.8 Å². The lowest BCUT2D eigenvalue weighted by atomic mass is 10.1. The van der Waals surface area contributed by atoms with E-state index in [1.165, 1.54) is 12.1 Å². The van der Waals surface area contributed by atoms with Crippen LogP contribution in [0, 0.1) is 17.0 Å². The number of fused-ring (bicyclic) bond motifs is 1. The smallest absolute Gasteiger partial charge is 0.260 e. The molecule has 7 nitrogen and oxygen atoms in total. The van der Waals surface area contributed by atoms with E-state index in [0.717, 1.165) is 26.2 Å². The van der Waals surface area contributed by atoms with Crippen molar-refractivity contribution in [1.29, 1.82) is 0 Å². The number of aromatic nitrogens is 2. The molecule has 0 saturated carbocycles. The van der Waals surface area contributed by atoms with Crippen molar-refractivity contribution in [1.82, 2.24) is 9.97 Å². The highest BCUT2D eigenvalue weighted by atomic mass is 32.1. The molecule has 8 heteroatoms. The number of hydrazone groups is 1. The molecule has 0 fully saturated rings. The minimum Gasteiger partial charge on any atom is -0.260 e. The maximum absolute atomic E-state index is 10.8. The van der Waals surface area contributed by atoms with E-state index in [2.05, 4.69) is 38.7 Å². The quantitative estimate of drug-likeness (QED) is 0.273. The summed E-state index contributed by atoms with van der Waals surface area (Å²) in [5, 5.41) is 16.1. The highest BCUT2D eigenvalue weighted by Crippen LogP contribution is 2.35. The number of nitrogens with zero attached hydrogens (tertiary/aromatic N) is 4. The summed E-state index contributed by atoms with van der Waals surface area (Å²) in [7, 11) is 0. The van der Waals surface area contributed by atoms with E-state index in [9.17, 15) is 10.1 Å². The van der Waals surface area contributed by atoms with Gasteiger partial charge in [-0.05, 0) is 43.2 Å². The Morgan fingerprint density at radius 2 is 1.83 bits per heavy atom. The van der Waals surface area contributed by atoms with Gasteiger partial charge in [-0.3, -0.25) is 15.5 Å². The Morgan fingerprint density at radius 3 is 2.52 bits per heavy atom. The van der Waals surface area contributed by atoms with Crippen molar-refractivity contribution in [2.24, 2.45) is 5.10 Å². The molecule has 1 N–H and O–H groups in total. The minimum absolute atomic E-state index is 0.0503. The molecule has 0 amide bonds. The van der Waals surface area contributed by atoms with E-state index in [1.54, 1.807) is 23.5 Å². The lowest BCUT2D eigenvalue weighted by Gasteiger charge is -2.05. The lowest BCUT2D eigenvalue weighted by Crippen LogP contribution is -2.02. The van der Waals surface area contributed by atoms with Crippen molar-refractivity contribution in [3.05, 3.63) is 82.2 Å². The van der Waals surface area contributed by atoms with E-state index >= 15 is 0 Å². The van der Waals surface area contributed by atoms with Gasteiger partial charge >= 0.3 is 0 Å². The number of non-ortho nitro benzene ring substituents is 1. The normalized spacial score (nSPS) is 11.6. The van der Waals surface area contributed by atoms with Crippen LogP contribution < -0.4 is 5.43 Å². The summed E-state index contributed by atoms with van der Waals surface area (Å²) in [6.45, 7) is 3.68. The van der Waals surface area contributed by atoms with Gasteiger partial charge in [0, 0.05) is 17.0 Å². The molecule has 0 radical (unpaired) electrons. The zero-order chi connectivity index (χ0) is 20.4. The topological polar surface area (TPSA) is 93.3 Å². The molecule has 2 aromatic heterocycles. The molecule has 29 heavy (non-hydrogen) atoms. The maximum atomic E-state index is 10.8. The fourth-order valence-corrected chi connectivity index (χ4v) is 3.97. The summed E-state index contributed by atoms with van der Waals surface area (Å²) in [5.41, 5.74) is 5.71. The summed E-state index contributed by atoms with van der Waals surface area (Å²) in [5.74, 6) is 1.29. The number of aryl methyl sites for hydroxylation is 1. The molecule has 4 rings (SSSR count). The zero-order valence-electron chi connectivity index (χ0n) is 15.8. The molecule has 4 aromatic rings. The largest absolute Gasteiger partial charge is 0.269 e. The molecule has 0 spiro atoms. The predicted molar refractivity (Wildman–Crippen MR) is 117 cm³/mol. The summed E-state index contributed by atoms with van der Waals surface area (Å²) in [4.78, 5) is 21.4. The monoisotopic (exact) mass is 403 g/mol. The van der Waals surface area contributed by atoms with Crippen LogP contribution in [0.4, 0.5) is 11.5 Å². The Bertz CT molecular complexity index is 1220. The first-order chi connectivity index (χ1) is 14.0. The van der Waals surface area contributed by atoms with Crippen molar-refractivity contribution in [2.75, 3.05) is 5.43 Å². The van der Waals surface area contributed by atoms with Crippen LogP contribution in [0.15, 0.2) is 65.8 Å². The van der Waals surface area contributed by atoms with Crippen LogP contribution in [0.2, 0.25) is 0 Å². The Kier molecular flexibility index (Phi) is 5.01. The van der Waals surface area contributed by atoms with E-state index in [-0.39, 0.29) is 5.69 Å². The number of thiophene rings is 1. The van der Waals surface area contributed by atoms with Crippen LogP contribution in [0.25, 0.3) is 20.7 Å². The number of hydrogen-bond donors (Lipinski definition) is 1. The summed E-state index contributed by atoms with van der Waals surface area (Å²) >= 11 is 1.61. The summed E-state index contributed by atoms with van der Waals surface area (Å²) in [6, 6.07) is 18.5. The number of anilines is 1. The van der Waals surface area contributed by atoms with Crippen LogP contribution in [0.3, 0.4) is 0 Å². The molecular formula is C21H17N5O2S. The second-order valence-corrected chi connectivity index (χ2v) is 7.46. The second-order valence-electron chi connectivity index (χ2n) is 6.43. The van der Waals surface area contributed by atoms with E-state index < -0.39 is 4.92 Å². The maximum Gasteiger partial charge on any atom is 0.269 e. The van der Waals surface area contributed by atoms with Crippen molar-refractivity contribution < 1.29 is 4.92 Å². The van der Waals surface area contributed by atoms with Crippen LogP contribution >= 0.6 is 11.3 Å². The Hall–Kier alpha value is -3.65. The molecule has 2 heterocycles. The molecule has 0 saturated heterocycles. The average Bonchev–Trinajstić information content (AvgIpc) is 3.16. The van der Waals surface area contributed by atoms with Gasteiger partial charge in [-0.2, -0.15) is 5.10 Å². The Balaban J connectivity index is 1.65. The van der Waals surface area contributed by atoms with Gasteiger partial charge in [0.25, 0.3) is 5.69 Å². The molecule has 0 unspecified atom stereocenters. The number of benzene rings is 2. The first-order valence-corrected chi connectivity index (χ1v) is 9.71. The minimum atomic E-state index is -0.421. The van der Waals surface area contributed by atoms with Crippen molar-refractivity contribution >= 4 is 38.8 Å². The number of nitrogens with one attached hydrogen (secondary N) is 1. The third-order valence-corrected chi connectivity index (χ3v) is 5.47. The number of nitro groups is 1. The van der Waals surface area contributed by atoms with Gasteiger partial charge < -0.3 is 0 Å². The van der Waals surface area contributed by atoms with Gasteiger partial charge in [0.1, 0.15) is 10.7 Å². The first kappa shape index (κ1) is 18.7. The molecule has 0 aliphatic carbocycles. The molecule has 144 valence electrons. The van der Waals surface area contributed by atoms with Crippen LogP contribution in [-0.4, -0.2) is 20.6 Å². The molecule has 2 aromatic carbocycles. The first-order valence-electron chi connectivity index (χ1n) is 8.90. The highest BCUT2D eigenvalue weighted by molar-refractivity contribution is 7.21. The van der Waals surface area contributed by atoms with Gasteiger partial charge in [-0.1, -0.05) is 30.3 Å². The molecule has 0 bridgehead atoms. The second kappa shape index (κ2) is 7.76. The lowest BCUT2D eigenvalue weighted by molar-refractivity contribution is -0.384. The number of hydrogen-bond acceptors (Lipinski definition) is 7. The van der Waals surface area contributed by atoms with Gasteiger partial charge in [0.15, 0.2) is 5.82 Å². The van der Waals surface area contributed by atoms with Crippen molar-refractivity contribution in [3.8, 4) is 10.4 Å². The van der Waals surface area contributed by atoms with Gasteiger partial charge in [-0.25, -0.2) is 9.97 Å². The fourth-order valence-electron chi connectivity index (χ4n) is 2.88. The van der Waals surface area contributed by atoms with Gasteiger partial charge in [0.2, 0.25) is 0 Å². The third-order valence-electron chi connectivity index (χ3n) is 4.39. The van der Waals surface area contributed by atoms with E-state index in [1.807, 2.05) is 32.0 Å². The Morgan fingerprint density at radius 1 is 1.10 bits per heavy atom. The fraction of sp³-hybridized carbons (Fsp3) is 0.0952. The average molecular weight is 403 g/mol. The van der Waals surface area contributed by atoms with Crippen molar-refractivity contribution in [3.63, 3.8) is 0 Å². The van der Waals surface area contributed by atoms with Crippen LogP contribution in [-0.2, 0) is 0 Å². The number of nitro benzene ring substituents is 1. The number of rotatable bonds is 5. The van der Waals surface area contributed by atoms with Crippen LogP contribution in [0.5, 0.6) is 0 Å². The molecule has 0 aliphatic heterocycles. The van der Waals surface area contributed by atoms with Crippen LogP contribution in [0.1, 0.15) is 18.3 Å². The molecule has 0 aliphatic rings. The van der Waals surface area contributed by atoms with E-state index in [0.29, 0.717) is 17.4 Å². The zero-order valence-corrected chi connectivity index (χ0v) is 16.6. The SMILES string of the molecule is C/C(=N/Nc1nc(C)nc2sc(-c3ccccc3)cc12)c1ccc([N+](=O)[O-])cc1. The van der Waals surface area contributed by atoms with Gasteiger partial charge in [-0.15, -0.1) is 11.3 Å². The predicted octanol–water partition coefficient (Wildman–Crippen LogP) is 5.41. The van der Waals surface area contributed by atoms with Gasteiger partial charge in [0.05, 0.1) is 16.0 Å². The molecule has 0 atom stereocenters. The molecular weight excluding hydrogens is 386 g/mol.